The summed E-state index contributed by atoms with van der Waals surface area (Å²) in [4.78, 5) is 24.8. The predicted molar refractivity (Wildman–Crippen MR) is 76.6 cm³/mol. The van der Waals surface area contributed by atoms with Crippen LogP contribution in [0.15, 0.2) is 0 Å². The Bertz CT molecular complexity index is 269. The number of unbranched alkanes of at least 4 members (excludes halogenated alkanes) is 1. The highest BCUT2D eigenvalue weighted by Crippen LogP contribution is 2.13. The third-order valence-corrected chi connectivity index (χ3v) is 3.77. The first kappa shape index (κ1) is 16.0. The number of hydrogen-bond donors (Lipinski definition) is 1. The van der Waals surface area contributed by atoms with Crippen molar-refractivity contribution < 1.29 is 9.59 Å². The lowest BCUT2D eigenvalue weighted by molar-refractivity contribution is -0.131. The number of carbonyl (C=O) groups is 2. The maximum absolute atomic E-state index is 12.1. The molecule has 1 aliphatic rings. The van der Waals surface area contributed by atoms with Crippen molar-refractivity contribution in [2.24, 2.45) is 5.73 Å². The molecule has 0 saturated carbocycles. The van der Waals surface area contributed by atoms with Gasteiger partial charge in [0.15, 0.2) is 0 Å². The van der Waals surface area contributed by atoms with Crippen LogP contribution in [0.4, 0.5) is 0 Å². The van der Waals surface area contributed by atoms with Crippen molar-refractivity contribution in [3.63, 3.8) is 0 Å². The van der Waals surface area contributed by atoms with Gasteiger partial charge in [0.1, 0.15) is 0 Å². The molecule has 0 atom stereocenters. The fourth-order valence-electron chi connectivity index (χ4n) is 2.58. The number of rotatable bonds is 5. The molecule has 19 heavy (non-hydrogen) atoms. The van der Waals surface area contributed by atoms with Crippen molar-refractivity contribution in [3.8, 4) is 0 Å². The summed E-state index contributed by atoms with van der Waals surface area (Å²) in [5.74, 6) is -0.0171. The number of amides is 2. The average molecular weight is 268 g/mol. The molecule has 0 unspecified atom stereocenters. The van der Waals surface area contributed by atoms with E-state index >= 15 is 0 Å². The molecule has 1 rings (SSSR count). The maximum Gasteiger partial charge on any atom is 0.222 e. The lowest BCUT2D eigenvalue weighted by Crippen LogP contribution is -2.33. The van der Waals surface area contributed by atoms with Gasteiger partial charge in [-0.05, 0) is 25.7 Å². The van der Waals surface area contributed by atoms with E-state index in [0.29, 0.717) is 12.8 Å². The normalized spacial score (nSPS) is 18.0. The van der Waals surface area contributed by atoms with E-state index in [0.717, 1.165) is 38.8 Å². The van der Waals surface area contributed by atoms with Gasteiger partial charge >= 0.3 is 0 Å². The van der Waals surface area contributed by atoms with E-state index in [1.807, 2.05) is 4.90 Å². The summed E-state index contributed by atoms with van der Waals surface area (Å²) in [5, 5.41) is 0. The average Bonchev–Trinajstić information content (AvgIpc) is 2.40. The minimum Gasteiger partial charge on any atom is -0.370 e. The van der Waals surface area contributed by atoms with Gasteiger partial charge in [-0.3, -0.25) is 9.59 Å². The second kappa shape index (κ2) is 9.82. The number of nitrogens with zero attached hydrogens (tertiary/aromatic N) is 1. The van der Waals surface area contributed by atoms with Crippen LogP contribution in [0.2, 0.25) is 0 Å². The van der Waals surface area contributed by atoms with Gasteiger partial charge in [0, 0.05) is 25.9 Å². The second-order valence-electron chi connectivity index (χ2n) is 5.53. The summed E-state index contributed by atoms with van der Waals surface area (Å²) in [6, 6.07) is 0. The quantitative estimate of drug-likeness (QED) is 0.779. The molecule has 0 spiro atoms. The van der Waals surface area contributed by atoms with Crippen molar-refractivity contribution in [2.45, 2.75) is 70.6 Å². The number of hydrogen-bond acceptors (Lipinski definition) is 2. The van der Waals surface area contributed by atoms with E-state index in [4.69, 9.17) is 5.73 Å². The SMILES string of the molecule is NC(=O)CCCCC(=O)N1CCCCCCCCC1. The lowest BCUT2D eigenvalue weighted by Gasteiger charge is -2.24. The highest BCUT2D eigenvalue weighted by atomic mass is 16.2. The summed E-state index contributed by atoms with van der Waals surface area (Å²) >= 11 is 0. The highest BCUT2D eigenvalue weighted by molar-refractivity contribution is 5.76. The number of primary amides is 1. The van der Waals surface area contributed by atoms with Gasteiger partial charge in [-0.1, -0.05) is 32.1 Å². The highest BCUT2D eigenvalue weighted by Gasteiger charge is 2.13. The van der Waals surface area contributed by atoms with Crippen LogP contribution < -0.4 is 5.73 Å². The van der Waals surface area contributed by atoms with E-state index in [9.17, 15) is 9.59 Å². The Morgan fingerprint density at radius 3 is 1.79 bits per heavy atom. The van der Waals surface area contributed by atoms with Gasteiger partial charge in [-0.2, -0.15) is 0 Å². The molecular formula is C15H28N2O2. The first-order valence-electron chi connectivity index (χ1n) is 7.76. The predicted octanol–water partition coefficient (Wildman–Crippen LogP) is 2.61. The van der Waals surface area contributed by atoms with Crippen LogP contribution in [0, 0.1) is 0 Å². The van der Waals surface area contributed by atoms with Gasteiger partial charge in [0.05, 0.1) is 0 Å². The Labute approximate surface area is 116 Å². The van der Waals surface area contributed by atoms with Crippen LogP contribution in [-0.2, 0) is 9.59 Å². The Hall–Kier alpha value is -1.06. The minimum atomic E-state index is -0.272. The van der Waals surface area contributed by atoms with Crippen LogP contribution in [0.3, 0.4) is 0 Å². The van der Waals surface area contributed by atoms with Gasteiger partial charge in [0.2, 0.25) is 11.8 Å². The molecule has 1 aliphatic heterocycles. The van der Waals surface area contributed by atoms with Crippen molar-refractivity contribution in [2.75, 3.05) is 13.1 Å². The fourth-order valence-corrected chi connectivity index (χ4v) is 2.58. The Morgan fingerprint density at radius 1 is 0.789 bits per heavy atom. The van der Waals surface area contributed by atoms with E-state index in [1.54, 1.807) is 0 Å². The molecule has 1 fully saturated rings. The zero-order chi connectivity index (χ0) is 13.9. The van der Waals surface area contributed by atoms with Crippen LogP contribution in [0.25, 0.3) is 0 Å². The van der Waals surface area contributed by atoms with Crippen LogP contribution in [0.1, 0.15) is 70.6 Å². The first-order chi connectivity index (χ1) is 9.20. The van der Waals surface area contributed by atoms with Gasteiger partial charge in [-0.15, -0.1) is 0 Å². The minimum absolute atomic E-state index is 0.255. The third kappa shape index (κ3) is 7.85. The number of nitrogens with two attached hydrogens (primary N) is 1. The molecule has 110 valence electrons. The van der Waals surface area contributed by atoms with Crippen molar-refractivity contribution >= 4 is 11.8 Å². The number of carbonyl (C=O) groups excluding carboxylic acids is 2. The summed E-state index contributed by atoms with van der Waals surface area (Å²) in [7, 11) is 0. The monoisotopic (exact) mass is 268 g/mol. The van der Waals surface area contributed by atoms with Gasteiger partial charge in [-0.25, -0.2) is 0 Å². The van der Waals surface area contributed by atoms with Crippen LogP contribution >= 0.6 is 0 Å². The zero-order valence-corrected chi connectivity index (χ0v) is 12.0. The van der Waals surface area contributed by atoms with E-state index in [2.05, 4.69) is 0 Å². The molecule has 4 nitrogen and oxygen atoms in total. The Kier molecular flexibility index (Phi) is 8.26. The summed E-state index contributed by atoms with van der Waals surface area (Å²) in [6.07, 6.45) is 11.2. The fraction of sp³-hybridized carbons (Fsp3) is 0.867. The van der Waals surface area contributed by atoms with Gasteiger partial charge in [0.25, 0.3) is 0 Å². The third-order valence-electron chi connectivity index (χ3n) is 3.77. The summed E-state index contributed by atoms with van der Waals surface area (Å²) in [6.45, 7) is 1.82. The molecule has 1 saturated heterocycles. The molecule has 0 aliphatic carbocycles. The standard InChI is InChI=1S/C15H28N2O2/c16-14(18)10-6-7-11-15(19)17-12-8-4-2-1-3-5-9-13-17/h1-13H2,(H2,16,18). The maximum atomic E-state index is 12.1. The molecule has 0 radical (unpaired) electrons. The molecule has 2 N–H and O–H groups in total. The molecule has 0 aromatic carbocycles. The molecule has 1 heterocycles. The largest absolute Gasteiger partial charge is 0.370 e. The van der Waals surface area contributed by atoms with Crippen LogP contribution in [0.5, 0.6) is 0 Å². The van der Waals surface area contributed by atoms with Crippen molar-refractivity contribution in [1.82, 2.24) is 4.90 Å². The smallest absolute Gasteiger partial charge is 0.222 e. The Balaban J connectivity index is 2.24. The second-order valence-corrected chi connectivity index (χ2v) is 5.53. The molecular weight excluding hydrogens is 240 g/mol. The first-order valence-corrected chi connectivity index (χ1v) is 7.76. The van der Waals surface area contributed by atoms with Crippen molar-refractivity contribution in [1.29, 1.82) is 0 Å². The summed E-state index contributed by atoms with van der Waals surface area (Å²) < 4.78 is 0. The Morgan fingerprint density at radius 2 is 1.26 bits per heavy atom. The van der Waals surface area contributed by atoms with Crippen molar-refractivity contribution in [3.05, 3.63) is 0 Å². The van der Waals surface area contributed by atoms with Gasteiger partial charge < -0.3 is 10.6 Å². The molecule has 0 aromatic rings. The van der Waals surface area contributed by atoms with E-state index in [-0.39, 0.29) is 11.8 Å². The molecule has 0 bridgehead atoms. The molecule has 0 aromatic heterocycles. The summed E-state index contributed by atoms with van der Waals surface area (Å²) in [5.41, 5.74) is 5.09. The molecule has 2 amide bonds. The van der Waals surface area contributed by atoms with Crippen LogP contribution in [-0.4, -0.2) is 29.8 Å². The lowest BCUT2D eigenvalue weighted by atomic mass is 10.1. The van der Waals surface area contributed by atoms with E-state index < -0.39 is 0 Å². The van der Waals surface area contributed by atoms with E-state index in [1.165, 1.54) is 32.1 Å². The molecule has 4 heteroatoms. The zero-order valence-electron chi connectivity index (χ0n) is 12.0. The topological polar surface area (TPSA) is 63.4 Å².